The van der Waals surface area contributed by atoms with Crippen LogP contribution in [0.5, 0.6) is 0 Å². The van der Waals surface area contributed by atoms with Gasteiger partial charge in [-0.15, -0.1) is 11.3 Å². The van der Waals surface area contributed by atoms with Crippen molar-refractivity contribution in [3.05, 3.63) is 20.4 Å². The minimum absolute atomic E-state index is 0.0560. The van der Waals surface area contributed by atoms with Crippen molar-refractivity contribution in [3.63, 3.8) is 0 Å². The van der Waals surface area contributed by atoms with E-state index in [-0.39, 0.29) is 10.1 Å². The smallest absolute Gasteiger partial charge is 0.188 e. The largest absolute Gasteiger partial charge is 0.298 e. The van der Waals surface area contributed by atoms with Crippen LogP contribution in [-0.2, 0) is 0 Å². The highest BCUT2D eigenvalue weighted by Crippen LogP contribution is 2.04. The van der Waals surface area contributed by atoms with Crippen LogP contribution in [0.25, 0.3) is 11.9 Å². The highest BCUT2D eigenvalue weighted by molar-refractivity contribution is 7.08. The zero-order chi connectivity index (χ0) is 10.0. The maximum atomic E-state index is 13.0. The molecule has 0 amide bonds. The third-order valence-corrected chi connectivity index (χ3v) is 2.76. The average molecular weight is 202 g/mol. The first-order valence-corrected chi connectivity index (χ1v) is 4.49. The molecule has 13 heavy (non-hydrogen) atoms. The summed E-state index contributed by atoms with van der Waals surface area (Å²) in [7, 11) is 0. The zero-order valence-corrected chi connectivity index (χ0v) is 8.04. The Morgan fingerprint density at radius 1 is 1.54 bits per heavy atom. The fourth-order valence-electron chi connectivity index (χ4n) is 1.08. The average Bonchev–Trinajstić information content (AvgIpc) is 2.41. The van der Waals surface area contributed by atoms with E-state index in [0.717, 1.165) is 0 Å². The van der Waals surface area contributed by atoms with Crippen molar-refractivity contribution in [2.24, 2.45) is 0 Å². The molecule has 4 heteroatoms. The van der Waals surface area contributed by atoms with Crippen LogP contribution in [0.2, 0.25) is 0 Å². The Bertz CT molecular complexity index is 441. The Hall–Kier alpha value is -1.03. The first kappa shape index (κ1) is 10.1. The van der Waals surface area contributed by atoms with Gasteiger partial charge in [0.1, 0.15) is 5.83 Å². The van der Waals surface area contributed by atoms with E-state index in [0.29, 0.717) is 22.8 Å². The van der Waals surface area contributed by atoms with E-state index in [1.807, 2.05) is 0 Å². The number of aldehydes is 1. The summed E-state index contributed by atoms with van der Waals surface area (Å²) in [5, 5.41) is -0.285. The number of carbonyl (C=O) groups is 1. The van der Waals surface area contributed by atoms with E-state index in [2.05, 4.69) is 0 Å². The van der Waals surface area contributed by atoms with E-state index < -0.39 is 11.0 Å². The van der Waals surface area contributed by atoms with E-state index >= 15 is 0 Å². The van der Waals surface area contributed by atoms with Gasteiger partial charge in [0.05, 0.1) is 10.1 Å². The van der Waals surface area contributed by atoms with Crippen molar-refractivity contribution in [1.29, 1.82) is 0 Å². The summed E-state index contributed by atoms with van der Waals surface area (Å²) in [5.41, 5.74) is -0.0560. The predicted octanol–water partition coefficient (Wildman–Crippen LogP) is 1.60. The lowest BCUT2D eigenvalue weighted by molar-refractivity contribution is 0.112. The molecule has 0 spiro atoms. The van der Waals surface area contributed by atoms with Crippen LogP contribution >= 0.6 is 11.3 Å². The number of rotatable bonds is 1. The Morgan fingerprint density at radius 3 is 2.54 bits per heavy atom. The zero-order valence-electron chi connectivity index (χ0n) is 7.23. The second-order valence-corrected chi connectivity index (χ2v) is 3.44. The predicted molar refractivity (Wildman–Crippen MR) is 49.2 cm³/mol. The van der Waals surface area contributed by atoms with Crippen molar-refractivity contribution in [2.45, 2.75) is 13.8 Å². The van der Waals surface area contributed by atoms with Gasteiger partial charge in [-0.3, -0.25) is 4.79 Å². The second-order valence-electron chi connectivity index (χ2n) is 2.47. The Kier molecular flexibility index (Phi) is 2.93. The second kappa shape index (κ2) is 3.79. The standard InChI is InChI=1S/C9H8F2OS/c1-3-6-7(4-12)9(11)13-8(6)5(2)10/h3-4H,1-2H3. The highest BCUT2D eigenvalue weighted by Gasteiger charge is 2.08. The Balaban J connectivity index is 3.81. The van der Waals surface area contributed by atoms with Gasteiger partial charge >= 0.3 is 0 Å². The van der Waals surface area contributed by atoms with E-state index in [1.54, 1.807) is 6.92 Å². The third-order valence-electron chi connectivity index (χ3n) is 1.66. The van der Waals surface area contributed by atoms with Crippen LogP contribution in [0.4, 0.5) is 8.78 Å². The number of hydrogen-bond acceptors (Lipinski definition) is 2. The molecule has 1 aromatic rings. The van der Waals surface area contributed by atoms with Crippen LogP contribution < -0.4 is 9.75 Å². The van der Waals surface area contributed by atoms with Gasteiger partial charge in [0.15, 0.2) is 11.4 Å². The minimum Gasteiger partial charge on any atom is -0.298 e. The number of carbonyl (C=O) groups excluding carboxylic acids is 1. The van der Waals surface area contributed by atoms with Crippen molar-refractivity contribution in [2.75, 3.05) is 0 Å². The summed E-state index contributed by atoms with van der Waals surface area (Å²) < 4.78 is 26.0. The molecule has 0 aromatic carbocycles. The van der Waals surface area contributed by atoms with Crippen molar-refractivity contribution in [3.8, 4) is 0 Å². The van der Waals surface area contributed by atoms with Gasteiger partial charge in [0.2, 0.25) is 0 Å². The number of halogens is 2. The summed E-state index contributed by atoms with van der Waals surface area (Å²) in [5.74, 6) is -0.467. The van der Waals surface area contributed by atoms with Crippen molar-refractivity contribution >= 4 is 29.5 Å². The molecule has 0 aliphatic rings. The molecule has 1 nitrogen and oxygen atoms in total. The summed E-state index contributed by atoms with van der Waals surface area (Å²) in [6.07, 6.45) is 1.94. The Morgan fingerprint density at radius 2 is 2.15 bits per heavy atom. The first-order chi connectivity index (χ1) is 6.11. The molecule has 1 aromatic heterocycles. The highest BCUT2D eigenvalue weighted by atomic mass is 32.1. The molecule has 0 aliphatic heterocycles. The fraction of sp³-hybridized carbons (Fsp3) is 0.222. The lowest BCUT2D eigenvalue weighted by Gasteiger charge is -1.81. The molecular formula is C9H8F2OS. The minimum atomic E-state index is -0.630. The lowest BCUT2D eigenvalue weighted by Crippen LogP contribution is -2.22. The van der Waals surface area contributed by atoms with Crippen LogP contribution in [0.1, 0.15) is 24.2 Å². The van der Waals surface area contributed by atoms with Crippen molar-refractivity contribution < 1.29 is 13.6 Å². The molecular weight excluding hydrogens is 194 g/mol. The monoisotopic (exact) mass is 202 g/mol. The lowest BCUT2D eigenvalue weighted by atomic mass is 10.2. The molecule has 1 heterocycles. The summed E-state index contributed by atoms with van der Waals surface area (Å²) in [4.78, 5) is 10.5. The third kappa shape index (κ3) is 1.67. The molecule has 1 rings (SSSR count). The van der Waals surface area contributed by atoms with E-state index in [9.17, 15) is 13.6 Å². The van der Waals surface area contributed by atoms with E-state index in [4.69, 9.17) is 0 Å². The van der Waals surface area contributed by atoms with Gasteiger partial charge in [-0.25, -0.2) is 4.39 Å². The van der Waals surface area contributed by atoms with Crippen LogP contribution in [-0.4, -0.2) is 6.29 Å². The SMILES string of the molecule is CC=c1c(C=O)c(F)sc1=C(C)F. The Labute approximate surface area is 78.0 Å². The molecule has 0 unspecified atom stereocenters. The first-order valence-electron chi connectivity index (χ1n) is 3.68. The number of hydrogen-bond donors (Lipinski definition) is 0. The molecule has 0 atom stereocenters. The summed E-state index contributed by atoms with van der Waals surface area (Å²) >= 11 is 0.657. The molecule has 0 bridgehead atoms. The molecule has 0 saturated carbocycles. The maximum Gasteiger partial charge on any atom is 0.188 e. The molecule has 70 valence electrons. The van der Waals surface area contributed by atoms with Gasteiger partial charge in [0, 0.05) is 5.22 Å². The summed E-state index contributed by atoms with van der Waals surface area (Å²) in [6.45, 7) is 2.88. The van der Waals surface area contributed by atoms with Crippen LogP contribution in [0.3, 0.4) is 0 Å². The summed E-state index contributed by atoms with van der Waals surface area (Å²) in [6, 6.07) is 0. The maximum absolute atomic E-state index is 13.0. The molecule has 0 radical (unpaired) electrons. The topological polar surface area (TPSA) is 17.1 Å². The van der Waals surface area contributed by atoms with Crippen LogP contribution in [0.15, 0.2) is 0 Å². The van der Waals surface area contributed by atoms with Gasteiger partial charge in [-0.05, 0) is 13.8 Å². The van der Waals surface area contributed by atoms with Gasteiger partial charge in [0.25, 0.3) is 0 Å². The molecule has 0 aliphatic carbocycles. The molecule has 0 fully saturated rings. The van der Waals surface area contributed by atoms with Crippen LogP contribution in [0, 0.1) is 5.13 Å². The van der Waals surface area contributed by atoms with Crippen molar-refractivity contribution in [1.82, 2.24) is 0 Å². The quantitative estimate of drug-likeness (QED) is 0.632. The number of thiophene rings is 1. The van der Waals surface area contributed by atoms with Gasteiger partial charge in [-0.2, -0.15) is 4.39 Å². The molecule has 0 saturated heterocycles. The molecule has 0 N–H and O–H groups in total. The van der Waals surface area contributed by atoms with Gasteiger partial charge in [-0.1, -0.05) is 6.08 Å². The van der Waals surface area contributed by atoms with E-state index in [1.165, 1.54) is 13.0 Å². The van der Waals surface area contributed by atoms with Gasteiger partial charge < -0.3 is 0 Å². The normalized spacial score (nSPS) is 14.6. The fourth-order valence-corrected chi connectivity index (χ4v) is 2.01.